The van der Waals surface area contributed by atoms with Crippen LogP contribution < -0.4 is 4.90 Å². The Labute approximate surface area is 103 Å². The molecule has 1 amide bonds. The molecule has 0 N–H and O–H groups in total. The van der Waals surface area contributed by atoms with Gasteiger partial charge in [0.05, 0.1) is 17.6 Å². The molecule has 3 saturated heterocycles. The Hall–Kier alpha value is -2.16. The molecule has 4 heterocycles. The van der Waals surface area contributed by atoms with Crippen LogP contribution in [0.15, 0.2) is 12.3 Å². The predicted octanol–water partition coefficient (Wildman–Crippen LogP) is 0.512. The summed E-state index contributed by atoms with van der Waals surface area (Å²) in [6.07, 6.45) is 3.21. The molecule has 5 nitrogen and oxygen atoms in total. The molecule has 92 valence electrons. The number of anilines is 1. The molecule has 0 aromatic carbocycles. The van der Waals surface area contributed by atoms with Crippen LogP contribution in [0.25, 0.3) is 0 Å². The molecular weight excluding hydrogens is 235 g/mol. The lowest BCUT2D eigenvalue weighted by molar-refractivity contribution is -0.131. The highest BCUT2D eigenvalue weighted by molar-refractivity contribution is 5.54. The number of nitriles is 1. The molecule has 6 heteroatoms. The number of rotatable bonds is 2. The molecule has 1 aromatic heterocycles. The van der Waals surface area contributed by atoms with E-state index in [-0.39, 0.29) is 23.5 Å². The molecule has 3 fully saturated rings. The lowest BCUT2D eigenvalue weighted by atomic mass is 9.88. The quantitative estimate of drug-likeness (QED) is 0.713. The second-order valence-corrected chi connectivity index (χ2v) is 4.64. The summed E-state index contributed by atoms with van der Waals surface area (Å²) in [6.45, 7) is 1.20. The monoisotopic (exact) mass is 246 g/mol. The van der Waals surface area contributed by atoms with Crippen LogP contribution in [-0.2, 0) is 4.79 Å². The fraction of sp³-hybridized carbons (Fsp3) is 0.417. The smallest absolute Gasteiger partial charge is 0.210 e. The van der Waals surface area contributed by atoms with Crippen molar-refractivity contribution < 1.29 is 9.18 Å². The third-order valence-electron chi connectivity index (χ3n) is 3.62. The topological polar surface area (TPSA) is 60.2 Å². The zero-order valence-corrected chi connectivity index (χ0v) is 9.58. The van der Waals surface area contributed by atoms with Gasteiger partial charge >= 0.3 is 0 Å². The van der Waals surface area contributed by atoms with Crippen molar-refractivity contribution in [3.05, 3.63) is 23.6 Å². The standard InChI is InChI=1S/C12H11FN4O/c13-11-1-8(3-14)4-15-12(11)16-5-9-2-10(6-16)17(9)7-18/h1,4,7,9-10H,2,5-6H2/t9-,10+. The fourth-order valence-electron chi connectivity index (χ4n) is 2.71. The summed E-state index contributed by atoms with van der Waals surface area (Å²) in [5.74, 6) is -0.206. The van der Waals surface area contributed by atoms with Crippen molar-refractivity contribution in [3.8, 4) is 6.07 Å². The van der Waals surface area contributed by atoms with Gasteiger partial charge in [-0.15, -0.1) is 0 Å². The Morgan fingerprint density at radius 1 is 1.50 bits per heavy atom. The minimum atomic E-state index is -0.479. The maximum absolute atomic E-state index is 13.8. The second kappa shape index (κ2) is 3.95. The average molecular weight is 246 g/mol. The van der Waals surface area contributed by atoms with Crippen molar-refractivity contribution >= 4 is 12.2 Å². The Bertz CT molecular complexity index is 529. The van der Waals surface area contributed by atoms with E-state index in [1.165, 1.54) is 12.3 Å². The SMILES string of the molecule is N#Cc1cnc(N2C[C@H]3C[C@@H](C2)N3C=O)c(F)c1. The molecule has 0 aliphatic carbocycles. The van der Waals surface area contributed by atoms with E-state index in [4.69, 9.17) is 5.26 Å². The van der Waals surface area contributed by atoms with Crippen LogP contribution in [-0.4, -0.2) is 41.5 Å². The van der Waals surface area contributed by atoms with Gasteiger partial charge in [-0.05, 0) is 12.5 Å². The van der Waals surface area contributed by atoms with Gasteiger partial charge in [-0.2, -0.15) is 5.26 Å². The summed E-state index contributed by atoms with van der Waals surface area (Å²) in [5, 5.41) is 8.66. The van der Waals surface area contributed by atoms with Crippen molar-refractivity contribution in [1.82, 2.24) is 9.88 Å². The molecule has 0 radical (unpaired) electrons. The van der Waals surface area contributed by atoms with Gasteiger partial charge in [0, 0.05) is 19.3 Å². The molecule has 4 rings (SSSR count). The van der Waals surface area contributed by atoms with Crippen LogP contribution in [0.2, 0.25) is 0 Å². The number of hydrogen-bond acceptors (Lipinski definition) is 4. The molecule has 0 unspecified atom stereocenters. The molecule has 0 spiro atoms. The van der Waals surface area contributed by atoms with Crippen LogP contribution in [0.3, 0.4) is 0 Å². The second-order valence-electron chi connectivity index (χ2n) is 4.64. The summed E-state index contributed by atoms with van der Waals surface area (Å²) in [6, 6.07) is 3.38. The van der Waals surface area contributed by atoms with Crippen LogP contribution in [0.1, 0.15) is 12.0 Å². The van der Waals surface area contributed by atoms with Gasteiger partial charge in [0.1, 0.15) is 6.07 Å². The van der Waals surface area contributed by atoms with Gasteiger partial charge in [-0.3, -0.25) is 4.79 Å². The minimum Gasteiger partial charge on any atom is -0.350 e. The maximum atomic E-state index is 13.8. The Morgan fingerprint density at radius 2 is 2.22 bits per heavy atom. The first-order chi connectivity index (χ1) is 8.72. The summed E-state index contributed by atoms with van der Waals surface area (Å²) >= 11 is 0. The Kier molecular flexibility index (Phi) is 2.40. The van der Waals surface area contributed by atoms with Gasteiger partial charge in [-0.1, -0.05) is 0 Å². The maximum Gasteiger partial charge on any atom is 0.210 e. The molecular formula is C12H11FN4O. The molecule has 0 saturated carbocycles. The number of piperidine rings is 1. The van der Waals surface area contributed by atoms with Crippen molar-refractivity contribution in [2.45, 2.75) is 18.5 Å². The number of aromatic nitrogens is 1. The fourth-order valence-corrected chi connectivity index (χ4v) is 2.71. The lowest BCUT2D eigenvalue weighted by Gasteiger charge is -2.54. The molecule has 1 aromatic rings. The zero-order valence-electron chi connectivity index (χ0n) is 9.58. The number of piperazine rings is 1. The van der Waals surface area contributed by atoms with Crippen LogP contribution in [0.5, 0.6) is 0 Å². The Balaban J connectivity index is 1.82. The van der Waals surface area contributed by atoms with E-state index in [9.17, 15) is 9.18 Å². The first kappa shape index (κ1) is 11.0. The van der Waals surface area contributed by atoms with Crippen LogP contribution in [0.4, 0.5) is 10.2 Å². The summed E-state index contributed by atoms with van der Waals surface area (Å²) in [5.41, 5.74) is 0.216. The number of fused-ring (bicyclic) bond motifs is 2. The number of carbonyl (C=O) groups is 1. The van der Waals surface area contributed by atoms with E-state index in [2.05, 4.69) is 4.98 Å². The third kappa shape index (κ3) is 1.51. The highest BCUT2D eigenvalue weighted by Gasteiger charge is 2.44. The number of nitrogens with zero attached hydrogens (tertiary/aromatic N) is 4. The number of pyridine rings is 1. The van der Waals surface area contributed by atoms with Gasteiger partial charge in [-0.25, -0.2) is 9.37 Å². The van der Waals surface area contributed by atoms with Gasteiger partial charge in [0.2, 0.25) is 6.41 Å². The van der Waals surface area contributed by atoms with E-state index in [1.807, 2.05) is 11.0 Å². The van der Waals surface area contributed by atoms with Gasteiger partial charge < -0.3 is 9.80 Å². The van der Waals surface area contributed by atoms with Crippen molar-refractivity contribution in [3.63, 3.8) is 0 Å². The van der Waals surface area contributed by atoms with Crippen LogP contribution >= 0.6 is 0 Å². The zero-order chi connectivity index (χ0) is 12.7. The van der Waals surface area contributed by atoms with E-state index in [0.717, 1.165) is 12.8 Å². The first-order valence-corrected chi connectivity index (χ1v) is 5.76. The minimum absolute atomic E-state index is 0.165. The van der Waals surface area contributed by atoms with E-state index >= 15 is 0 Å². The Morgan fingerprint density at radius 3 is 2.78 bits per heavy atom. The van der Waals surface area contributed by atoms with E-state index in [1.54, 1.807) is 4.90 Å². The van der Waals surface area contributed by atoms with Crippen molar-refractivity contribution in [2.75, 3.05) is 18.0 Å². The predicted molar refractivity (Wildman–Crippen MR) is 61.2 cm³/mol. The highest BCUT2D eigenvalue weighted by atomic mass is 19.1. The van der Waals surface area contributed by atoms with Gasteiger partial charge in [0.15, 0.2) is 11.6 Å². The average Bonchev–Trinajstić information content (AvgIpc) is 2.39. The van der Waals surface area contributed by atoms with E-state index < -0.39 is 5.82 Å². The van der Waals surface area contributed by atoms with Crippen LogP contribution in [0, 0.1) is 17.1 Å². The highest BCUT2D eigenvalue weighted by Crippen LogP contribution is 2.33. The van der Waals surface area contributed by atoms with Gasteiger partial charge in [0.25, 0.3) is 0 Å². The number of carbonyl (C=O) groups excluding carboxylic acids is 1. The summed E-state index contributed by atoms with van der Waals surface area (Å²) in [7, 11) is 0. The molecule has 18 heavy (non-hydrogen) atoms. The first-order valence-electron chi connectivity index (χ1n) is 5.76. The van der Waals surface area contributed by atoms with Crippen molar-refractivity contribution in [1.29, 1.82) is 5.26 Å². The number of halogens is 1. The summed E-state index contributed by atoms with van der Waals surface area (Å²) < 4.78 is 13.8. The van der Waals surface area contributed by atoms with E-state index in [0.29, 0.717) is 13.1 Å². The number of amides is 1. The lowest BCUT2D eigenvalue weighted by Crippen LogP contribution is -2.68. The largest absolute Gasteiger partial charge is 0.350 e. The normalized spacial score (nSPS) is 25.3. The summed E-state index contributed by atoms with van der Waals surface area (Å²) in [4.78, 5) is 18.4. The molecule has 2 bridgehead atoms. The third-order valence-corrected chi connectivity index (χ3v) is 3.62. The molecule has 2 atom stereocenters. The number of hydrogen-bond donors (Lipinski definition) is 0. The molecule has 3 aliphatic heterocycles. The molecule has 3 aliphatic rings. The van der Waals surface area contributed by atoms with Crippen molar-refractivity contribution in [2.24, 2.45) is 0 Å².